The first-order valence-corrected chi connectivity index (χ1v) is 9.87. The number of aromatic amines is 1. The lowest BCUT2D eigenvalue weighted by Gasteiger charge is -2.32. The number of fused-ring (bicyclic) bond motifs is 1. The van der Waals surface area contributed by atoms with Gasteiger partial charge in [-0.2, -0.15) is 5.10 Å². The average Bonchev–Trinajstić information content (AvgIpc) is 3.22. The van der Waals surface area contributed by atoms with Gasteiger partial charge in [0.1, 0.15) is 5.82 Å². The fraction of sp³-hybridized carbons (Fsp3) is 0.429. The summed E-state index contributed by atoms with van der Waals surface area (Å²) in [7, 11) is 0. The number of anilines is 1. The molecule has 0 atom stereocenters. The Morgan fingerprint density at radius 1 is 1.29 bits per heavy atom. The lowest BCUT2D eigenvalue weighted by atomic mass is 9.95. The first-order valence-electron chi connectivity index (χ1n) is 9.87. The van der Waals surface area contributed by atoms with Crippen LogP contribution in [0, 0.1) is 11.8 Å². The van der Waals surface area contributed by atoms with E-state index in [1.165, 1.54) is 0 Å². The largest absolute Gasteiger partial charge is 0.310 e. The molecule has 7 heteroatoms. The maximum atomic E-state index is 12.7. The van der Waals surface area contributed by atoms with Gasteiger partial charge in [0.25, 0.3) is 0 Å². The summed E-state index contributed by atoms with van der Waals surface area (Å²) in [5.74, 6) is 1.32. The predicted molar refractivity (Wildman–Crippen MR) is 110 cm³/mol. The highest BCUT2D eigenvalue weighted by atomic mass is 16.1. The van der Waals surface area contributed by atoms with E-state index in [1.54, 1.807) is 12.4 Å². The fourth-order valence-electron chi connectivity index (χ4n) is 3.76. The number of rotatable bonds is 5. The molecule has 1 saturated heterocycles. The van der Waals surface area contributed by atoms with Crippen LogP contribution in [0.5, 0.6) is 0 Å². The molecule has 0 saturated carbocycles. The number of likely N-dealkylation sites (tertiary alicyclic amines) is 1. The van der Waals surface area contributed by atoms with Crippen LogP contribution in [-0.4, -0.2) is 50.6 Å². The molecule has 0 aromatic carbocycles. The third-order valence-corrected chi connectivity index (χ3v) is 5.20. The second-order valence-electron chi connectivity index (χ2n) is 7.90. The molecular weight excluding hydrogens is 352 g/mol. The highest BCUT2D eigenvalue weighted by Crippen LogP contribution is 2.23. The maximum Gasteiger partial charge on any atom is 0.228 e. The number of hydrogen-bond donors (Lipinski definition) is 2. The van der Waals surface area contributed by atoms with Crippen molar-refractivity contribution in [3.63, 3.8) is 0 Å². The molecule has 146 valence electrons. The van der Waals surface area contributed by atoms with Crippen molar-refractivity contribution in [3.8, 4) is 11.3 Å². The van der Waals surface area contributed by atoms with Crippen LogP contribution >= 0.6 is 0 Å². The van der Waals surface area contributed by atoms with Gasteiger partial charge in [0.05, 0.1) is 17.4 Å². The first-order chi connectivity index (χ1) is 13.6. The molecule has 1 aliphatic heterocycles. The van der Waals surface area contributed by atoms with E-state index in [0.717, 1.165) is 54.6 Å². The summed E-state index contributed by atoms with van der Waals surface area (Å²) in [5.41, 5.74) is 2.57. The van der Waals surface area contributed by atoms with Gasteiger partial charge in [-0.1, -0.05) is 13.8 Å². The van der Waals surface area contributed by atoms with E-state index in [2.05, 4.69) is 44.2 Å². The van der Waals surface area contributed by atoms with Crippen LogP contribution in [0.15, 0.2) is 36.8 Å². The van der Waals surface area contributed by atoms with Gasteiger partial charge in [-0.25, -0.2) is 9.97 Å². The number of pyridine rings is 2. The molecule has 7 nitrogen and oxygen atoms in total. The van der Waals surface area contributed by atoms with Crippen LogP contribution in [0.1, 0.15) is 26.7 Å². The van der Waals surface area contributed by atoms with Gasteiger partial charge >= 0.3 is 0 Å². The van der Waals surface area contributed by atoms with Gasteiger partial charge < -0.3 is 10.2 Å². The topological polar surface area (TPSA) is 86.8 Å². The zero-order valence-corrected chi connectivity index (χ0v) is 16.4. The molecule has 0 spiro atoms. The zero-order valence-electron chi connectivity index (χ0n) is 16.4. The Morgan fingerprint density at radius 3 is 2.82 bits per heavy atom. The van der Waals surface area contributed by atoms with Crippen LogP contribution in [0.2, 0.25) is 0 Å². The van der Waals surface area contributed by atoms with Crippen LogP contribution in [0.4, 0.5) is 5.82 Å². The van der Waals surface area contributed by atoms with Gasteiger partial charge in [0, 0.05) is 41.9 Å². The summed E-state index contributed by atoms with van der Waals surface area (Å²) in [6, 6.07) is 5.76. The van der Waals surface area contributed by atoms with Crippen molar-refractivity contribution in [1.82, 2.24) is 25.1 Å². The summed E-state index contributed by atoms with van der Waals surface area (Å²) in [4.78, 5) is 24.2. The quantitative estimate of drug-likeness (QED) is 0.711. The second-order valence-corrected chi connectivity index (χ2v) is 7.90. The van der Waals surface area contributed by atoms with Crippen molar-refractivity contribution in [2.75, 3.05) is 25.0 Å². The number of aromatic nitrogens is 4. The molecule has 0 bridgehead atoms. The van der Waals surface area contributed by atoms with Gasteiger partial charge in [0.15, 0.2) is 0 Å². The van der Waals surface area contributed by atoms with Crippen molar-refractivity contribution in [2.45, 2.75) is 26.7 Å². The number of nitrogens with zero attached hydrogens (tertiary/aromatic N) is 4. The number of hydrogen-bond acceptors (Lipinski definition) is 5. The van der Waals surface area contributed by atoms with Crippen LogP contribution in [0.25, 0.3) is 22.2 Å². The van der Waals surface area contributed by atoms with Crippen molar-refractivity contribution in [2.24, 2.45) is 11.8 Å². The Hall–Kier alpha value is -2.80. The smallest absolute Gasteiger partial charge is 0.228 e. The molecule has 4 rings (SSSR count). The molecule has 3 aromatic heterocycles. The third-order valence-electron chi connectivity index (χ3n) is 5.20. The van der Waals surface area contributed by atoms with E-state index in [1.807, 2.05) is 24.4 Å². The van der Waals surface area contributed by atoms with Crippen LogP contribution in [-0.2, 0) is 4.79 Å². The minimum absolute atomic E-state index is 0.0473. The molecule has 1 fully saturated rings. The van der Waals surface area contributed by atoms with Crippen LogP contribution in [0.3, 0.4) is 0 Å². The summed E-state index contributed by atoms with van der Waals surface area (Å²) in [6.07, 6.45) is 7.10. The molecule has 0 aliphatic carbocycles. The Morgan fingerprint density at radius 2 is 2.11 bits per heavy atom. The molecule has 1 amide bonds. The zero-order chi connectivity index (χ0) is 19.5. The van der Waals surface area contributed by atoms with E-state index in [0.29, 0.717) is 11.7 Å². The second kappa shape index (κ2) is 8.06. The Kier molecular flexibility index (Phi) is 5.34. The number of carbonyl (C=O) groups excluding carboxylic acids is 1. The van der Waals surface area contributed by atoms with Gasteiger partial charge in [-0.15, -0.1) is 0 Å². The number of carbonyl (C=O) groups is 1. The fourth-order valence-corrected chi connectivity index (χ4v) is 3.76. The van der Waals surface area contributed by atoms with Crippen molar-refractivity contribution < 1.29 is 4.79 Å². The van der Waals surface area contributed by atoms with E-state index >= 15 is 0 Å². The molecule has 28 heavy (non-hydrogen) atoms. The molecule has 2 N–H and O–H groups in total. The Labute approximate surface area is 164 Å². The molecular formula is C21H26N6O. The Bertz CT molecular complexity index is 945. The van der Waals surface area contributed by atoms with E-state index in [9.17, 15) is 4.79 Å². The normalized spacial score (nSPS) is 16.0. The highest BCUT2D eigenvalue weighted by Gasteiger charge is 2.25. The summed E-state index contributed by atoms with van der Waals surface area (Å²) < 4.78 is 0. The molecule has 4 heterocycles. The standard InChI is InChI=1S/C21H26N6O/c1-14(2)13-27-7-5-15(6-8-27)21(28)26-20-9-19-16(10-22-20)3-4-18(25-19)17-11-23-24-12-17/h3-4,9-12,14-15H,5-8,13H2,1-2H3,(H,23,24)(H,22,26,28). The van der Waals surface area contributed by atoms with Crippen molar-refractivity contribution in [3.05, 3.63) is 36.8 Å². The van der Waals surface area contributed by atoms with Gasteiger partial charge in [-0.3, -0.25) is 9.89 Å². The summed E-state index contributed by atoms with van der Waals surface area (Å²) in [6.45, 7) is 7.53. The van der Waals surface area contributed by atoms with Gasteiger partial charge in [0.2, 0.25) is 5.91 Å². The van der Waals surface area contributed by atoms with E-state index in [-0.39, 0.29) is 11.8 Å². The molecule has 1 aliphatic rings. The van der Waals surface area contributed by atoms with Crippen molar-refractivity contribution >= 4 is 22.6 Å². The first kappa shape index (κ1) is 18.6. The lowest BCUT2D eigenvalue weighted by molar-refractivity contribution is -0.121. The highest BCUT2D eigenvalue weighted by molar-refractivity contribution is 5.93. The monoisotopic (exact) mass is 378 g/mol. The van der Waals surface area contributed by atoms with Crippen molar-refractivity contribution in [1.29, 1.82) is 0 Å². The van der Waals surface area contributed by atoms with E-state index < -0.39 is 0 Å². The Balaban J connectivity index is 1.43. The SMILES string of the molecule is CC(C)CN1CCC(C(=O)Nc2cc3nc(-c4cn[nH]c4)ccc3cn2)CC1. The lowest BCUT2D eigenvalue weighted by Crippen LogP contribution is -2.39. The molecule has 0 unspecified atom stereocenters. The maximum absolute atomic E-state index is 12.7. The number of piperidine rings is 1. The molecule has 0 radical (unpaired) electrons. The summed E-state index contributed by atoms with van der Waals surface area (Å²) >= 11 is 0. The van der Waals surface area contributed by atoms with E-state index in [4.69, 9.17) is 0 Å². The number of amides is 1. The third kappa shape index (κ3) is 4.20. The predicted octanol–water partition coefficient (Wildman–Crippen LogP) is 3.33. The number of nitrogens with one attached hydrogen (secondary N) is 2. The van der Waals surface area contributed by atoms with Crippen LogP contribution < -0.4 is 5.32 Å². The molecule has 3 aromatic rings. The van der Waals surface area contributed by atoms with Gasteiger partial charge in [-0.05, 0) is 44.0 Å². The average molecular weight is 378 g/mol. The number of H-pyrrole nitrogens is 1. The minimum Gasteiger partial charge on any atom is -0.310 e. The minimum atomic E-state index is 0.0473. The summed E-state index contributed by atoms with van der Waals surface area (Å²) in [5, 5.41) is 10.7.